The summed E-state index contributed by atoms with van der Waals surface area (Å²) in [6.07, 6.45) is 5.25. The molecule has 0 aromatic carbocycles. The minimum absolute atomic E-state index is 0.566. The highest BCUT2D eigenvalue weighted by molar-refractivity contribution is 6.29. The molecule has 0 spiro atoms. The fourth-order valence-corrected chi connectivity index (χ4v) is 1.69. The molecule has 0 saturated heterocycles. The van der Waals surface area contributed by atoms with Crippen LogP contribution in [-0.4, -0.2) is 19.6 Å². The van der Waals surface area contributed by atoms with Gasteiger partial charge in [-0.15, -0.1) is 10.2 Å². The molecule has 0 unspecified atom stereocenters. The molecule has 2 aromatic heterocycles. The van der Waals surface area contributed by atoms with Crippen LogP contribution < -0.4 is 0 Å². The molecule has 15 heavy (non-hydrogen) atoms. The van der Waals surface area contributed by atoms with Gasteiger partial charge >= 0.3 is 0 Å². The second-order valence-corrected chi connectivity index (χ2v) is 4.36. The molecule has 0 bridgehead atoms. The first kappa shape index (κ1) is 10.4. The van der Waals surface area contributed by atoms with Crippen LogP contribution in [0.1, 0.15) is 26.1 Å². The molecule has 0 aliphatic rings. The summed E-state index contributed by atoms with van der Waals surface area (Å²) in [6.45, 7) is 4.37. The van der Waals surface area contributed by atoms with Gasteiger partial charge in [0.2, 0.25) is 0 Å². The van der Waals surface area contributed by atoms with Gasteiger partial charge in [-0.2, -0.15) is 0 Å². The maximum Gasteiger partial charge on any atom is 0.180 e. The van der Waals surface area contributed by atoms with Crippen molar-refractivity contribution in [1.82, 2.24) is 19.6 Å². The van der Waals surface area contributed by atoms with E-state index in [1.807, 2.05) is 4.40 Å². The van der Waals surface area contributed by atoms with Crippen molar-refractivity contribution >= 4 is 17.2 Å². The van der Waals surface area contributed by atoms with Crippen LogP contribution in [0.3, 0.4) is 0 Å². The predicted molar refractivity (Wildman–Crippen MR) is 59.0 cm³/mol. The number of aromatic nitrogens is 4. The van der Waals surface area contributed by atoms with Crippen molar-refractivity contribution in [2.45, 2.75) is 26.7 Å². The van der Waals surface area contributed by atoms with Gasteiger partial charge in [-0.25, -0.2) is 0 Å². The third-order valence-corrected chi connectivity index (χ3v) is 2.55. The predicted octanol–water partition coefficient (Wildman–Crippen LogP) is 2.37. The topological polar surface area (TPSA) is 43.1 Å². The average molecular weight is 225 g/mol. The highest BCUT2D eigenvalue weighted by Gasteiger charge is 2.08. The van der Waals surface area contributed by atoms with Crippen molar-refractivity contribution in [2.75, 3.05) is 0 Å². The van der Waals surface area contributed by atoms with Crippen molar-refractivity contribution in [3.8, 4) is 0 Å². The molecular formula is C10H13ClN4. The van der Waals surface area contributed by atoms with Crippen LogP contribution in [-0.2, 0) is 6.42 Å². The SMILES string of the molecule is CC(C)CCc1nnc2cncc(Cl)n12. The van der Waals surface area contributed by atoms with E-state index in [9.17, 15) is 0 Å². The molecule has 0 aliphatic carbocycles. The Kier molecular flexibility index (Phi) is 2.86. The maximum absolute atomic E-state index is 6.04. The first-order valence-corrected chi connectivity index (χ1v) is 5.40. The molecule has 4 nitrogen and oxygen atoms in total. The summed E-state index contributed by atoms with van der Waals surface area (Å²) < 4.78 is 1.84. The van der Waals surface area contributed by atoms with E-state index in [0.717, 1.165) is 18.7 Å². The van der Waals surface area contributed by atoms with Crippen molar-refractivity contribution in [2.24, 2.45) is 5.92 Å². The number of aryl methyl sites for hydroxylation is 1. The lowest BCUT2D eigenvalue weighted by Crippen LogP contribution is -1.99. The summed E-state index contributed by atoms with van der Waals surface area (Å²) in [5.41, 5.74) is 0.709. The van der Waals surface area contributed by atoms with Crippen LogP contribution in [0.25, 0.3) is 5.65 Å². The quantitative estimate of drug-likeness (QED) is 0.804. The summed E-state index contributed by atoms with van der Waals surface area (Å²) in [5.74, 6) is 1.56. The zero-order chi connectivity index (χ0) is 10.8. The highest BCUT2D eigenvalue weighted by atomic mass is 35.5. The molecule has 0 N–H and O–H groups in total. The Morgan fingerprint density at radius 2 is 2.13 bits per heavy atom. The molecule has 0 aliphatic heterocycles. The largest absolute Gasteiger partial charge is 0.266 e. The fourth-order valence-electron chi connectivity index (χ4n) is 1.45. The Balaban J connectivity index is 2.35. The molecule has 2 heterocycles. The Morgan fingerprint density at radius 1 is 1.33 bits per heavy atom. The Hall–Kier alpha value is -1.16. The Morgan fingerprint density at radius 3 is 2.87 bits per heavy atom. The standard InChI is InChI=1S/C10H13ClN4/c1-7(2)3-4-9-13-14-10-6-12-5-8(11)15(9)10/h5-7H,3-4H2,1-2H3. The monoisotopic (exact) mass is 224 g/mol. The van der Waals surface area contributed by atoms with E-state index < -0.39 is 0 Å². The van der Waals surface area contributed by atoms with Gasteiger partial charge in [0, 0.05) is 6.42 Å². The molecule has 5 heteroatoms. The molecule has 0 saturated carbocycles. The minimum Gasteiger partial charge on any atom is -0.266 e. The maximum atomic E-state index is 6.04. The van der Waals surface area contributed by atoms with Gasteiger partial charge < -0.3 is 0 Å². The van der Waals surface area contributed by atoms with E-state index in [0.29, 0.717) is 16.7 Å². The van der Waals surface area contributed by atoms with Gasteiger partial charge in [-0.05, 0) is 12.3 Å². The molecule has 0 radical (unpaired) electrons. The lowest BCUT2D eigenvalue weighted by molar-refractivity contribution is 0.572. The van der Waals surface area contributed by atoms with E-state index in [1.54, 1.807) is 12.4 Å². The van der Waals surface area contributed by atoms with Crippen molar-refractivity contribution in [1.29, 1.82) is 0 Å². The third kappa shape index (κ3) is 2.09. The third-order valence-electron chi connectivity index (χ3n) is 2.29. The molecular weight excluding hydrogens is 212 g/mol. The Bertz CT molecular complexity index is 463. The molecule has 80 valence electrons. The lowest BCUT2D eigenvalue weighted by atomic mass is 10.1. The second-order valence-electron chi connectivity index (χ2n) is 3.97. The number of hydrogen-bond acceptors (Lipinski definition) is 3. The Labute approximate surface area is 93.3 Å². The van der Waals surface area contributed by atoms with Crippen molar-refractivity contribution in [3.63, 3.8) is 0 Å². The zero-order valence-electron chi connectivity index (χ0n) is 8.81. The lowest BCUT2D eigenvalue weighted by Gasteiger charge is -2.03. The van der Waals surface area contributed by atoms with E-state index in [4.69, 9.17) is 11.6 Å². The molecule has 0 amide bonds. The minimum atomic E-state index is 0.566. The average Bonchev–Trinajstić information content (AvgIpc) is 2.59. The van der Waals surface area contributed by atoms with Gasteiger partial charge in [0.15, 0.2) is 5.65 Å². The van der Waals surface area contributed by atoms with Crippen LogP contribution in [0.2, 0.25) is 5.15 Å². The van der Waals surface area contributed by atoms with E-state index >= 15 is 0 Å². The summed E-state index contributed by atoms with van der Waals surface area (Å²) in [4.78, 5) is 3.97. The van der Waals surface area contributed by atoms with E-state index in [1.165, 1.54) is 0 Å². The second kappa shape index (κ2) is 4.14. The first-order valence-electron chi connectivity index (χ1n) is 5.02. The molecule has 0 atom stereocenters. The van der Waals surface area contributed by atoms with Gasteiger partial charge in [0.1, 0.15) is 11.0 Å². The number of halogens is 1. The van der Waals surface area contributed by atoms with Gasteiger partial charge in [-0.3, -0.25) is 9.38 Å². The number of fused-ring (bicyclic) bond motifs is 1. The van der Waals surface area contributed by atoms with E-state index in [2.05, 4.69) is 29.0 Å². The number of rotatable bonds is 3. The molecule has 0 fully saturated rings. The molecule has 2 rings (SSSR count). The normalized spacial score (nSPS) is 11.5. The van der Waals surface area contributed by atoms with Crippen LogP contribution >= 0.6 is 11.6 Å². The summed E-state index contributed by atoms with van der Waals surface area (Å²) in [7, 11) is 0. The number of nitrogens with zero attached hydrogens (tertiary/aromatic N) is 4. The van der Waals surface area contributed by atoms with Crippen LogP contribution in [0, 0.1) is 5.92 Å². The first-order chi connectivity index (χ1) is 7.18. The van der Waals surface area contributed by atoms with Gasteiger partial charge in [-0.1, -0.05) is 25.4 Å². The van der Waals surface area contributed by atoms with Crippen LogP contribution in [0.15, 0.2) is 12.4 Å². The van der Waals surface area contributed by atoms with Crippen molar-refractivity contribution < 1.29 is 0 Å². The van der Waals surface area contributed by atoms with Crippen LogP contribution in [0.4, 0.5) is 0 Å². The van der Waals surface area contributed by atoms with Gasteiger partial charge in [0.05, 0.1) is 12.4 Å². The zero-order valence-corrected chi connectivity index (χ0v) is 9.57. The summed E-state index contributed by atoms with van der Waals surface area (Å²) in [6, 6.07) is 0. The van der Waals surface area contributed by atoms with Crippen molar-refractivity contribution in [3.05, 3.63) is 23.4 Å². The smallest absolute Gasteiger partial charge is 0.180 e. The highest BCUT2D eigenvalue weighted by Crippen LogP contribution is 2.14. The fraction of sp³-hybridized carbons (Fsp3) is 0.500. The molecule has 2 aromatic rings. The van der Waals surface area contributed by atoms with Gasteiger partial charge in [0.25, 0.3) is 0 Å². The summed E-state index contributed by atoms with van der Waals surface area (Å²) >= 11 is 6.04. The van der Waals surface area contributed by atoms with Crippen LogP contribution in [0.5, 0.6) is 0 Å². The number of hydrogen-bond donors (Lipinski definition) is 0. The van der Waals surface area contributed by atoms with E-state index in [-0.39, 0.29) is 0 Å². The summed E-state index contributed by atoms with van der Waals surface area (Å²) in [5, 5.41) is 8.71.